The summed E-state index contributed by atoms with van der Waals surface area (Å²) in [6.45, 7) is 2.27. The minimum atomic E-state index is -4.56. The van der Waals surface area contributed by atoms with E-state index in [-0.39, 0.29) is 18.7 Å². The highest BCUT2D eigenvalue weighted by atomic mass is 19.4. The molecule has 0 bridgehead atoms. The van der Waals surface area contributed by atoms with Gasteiger partial charge in [0.2, 0.25) is 5.89 Å². The van der Waals surface area contributed by atoms with Gasteiger partial charge in [-0.3, -0.25) is 0 Å². The number of nitrogens with zero attached hydrogens (tertiary/aromatic N) is 1. The number of rotatable bonds is 5. The first-order valence-corrected chi connectivity index (χ1v) is 6.39. The molecule has 0 aliphatic heterocycles. The summed E-state index contributed by atoms with van der Waals surface area (Å²) < 4.78 is 56.2. The van der Waals surface area contributed by atoms with Crippen LogP contribution in [0.3, 0.4) is 0 Å². The van der Waals surface area contributed by atoms with Crippen LogP contribution in [0.4, 0.5) is 17.6 Å². The molecule has 21 heavy (non-hydrogen) atoms. The lowest BCUT2D eigenvalue weighted by molar-refractivity contribution is -0.137. The van der Waals surface area contributed by atoms with E-state index in [1.807, 2.05) is 6.92 Å². The van der Waals surface area contributed by atoms with Gasteiger partial charge in [-0.25, -0.2) is 9.37 Å². The lowest BCUT2D eigenvalue weighted by Gasteiger charge is -2.09. The van der Waals surface area contributed by atoms with Crippen molar-refractivity contribution in [2.75, 3.05) is 0 Å². The molecule has 0 unspecified atom stereocenters. The van der Waals surface area contributed by atoms with Crippen LogP contribution in [0.2, 0.25) is 0 Å². The second-order valence-electron chi connectivity index (χ2n) is 4.52. The zero-order valence-corrected chi connectivity index (χ0v) is 11.3. The maximum absolute atomic E-state index is 13.2. The summed E-state index contributed by atoms with van der Waals surface area (Å²) in [4.78, 5) is 4.01. The highest BCUT2D eigenvalue weighted by Gasteiger charge is 2.31. The summed E-state index contributed by atoms with van der Waals surface area (Å²) in [5.74, 6) is 0.266. The van der Waals surface area contributed by atoms with Crippen molar-refractivity contribution in [3.05, 3.63) is 53.0 Å². The Labute approximate surface area is 119 Å². The SMILES string of the molecule is CCc1cnc(CNCc2cc(F)cc(C(F)(F)F)c2)o1. The monoisotopic (exact) mass is 302 g/mol. The average Bonchev–Trinajstić information content (AvgIpc) is 2.85. The molecule has 1 N–H and O–H groups in total. The van der Waals surface area contributed by atoms with E-state index in [0.717, 1.165) is 17.9 Å². The number of nitrogens with one attached hydrogen (secondary N) is 1. The summed E-state index contributed by atoms with van der Waals surface area (Å²) >= 11 is 0. The Kier molecular flexibility index (Phi) is 4.62. The Bertz CT molecular complexity index is 607. The molecular weight excluding hydrogens is 288 g/mol. The lowest BCUT2D eigenvalue weighted by Crippen LogP contribution is -2.14. The fourth-order valence-electron chi connectivity index (χ4n) is 1.82. The number of aromatic nitrogens is 1. The average molecular weight is 302 g/mol. The largest absolute Gasteiger partial charge is 0.444 e. The fraction of sp³-hybridized carbons (Fsp3) is 0.357. The predicted octanol–water partition coefficient (Wildman–Crippen LogP) is 3.68. The van der Waals surface area contributed by atoms with Crippen molar-refractivity contribution >= 4 is 0 Å². The smallest absolute Gasteiger partial charge is 0.416 e. The molecule has 0 spiro atoms. The predicted molar refractivity (Wildman–Crippen MR) is 67.8 cm³/mol. The molecule has 2 rings (SSSR count). The number of oxazole rings is 1. The molecular formula is C14H14F4N2O. The van der Waals surface area contributed by atoms with Crippen LogP contribution in [0.5, 0.6) is 0 Å². The minimum absolute atomic E-state index is 0.0880. The maximum atomic E-state index is 13.2. The van der Waals surface area contributed by atoms with E-state index in [4.69, 9.17) is 4.42 Å². The fourth-order valence-corrected chi connectivity index (χ4v) is 1.82. The molecule has 1 aromatic carbocycles. The molecule has 0 saturated heterocycles. The van der Waals surface area contributed by atoms with Crippen LogP contribution in [0.1, 0.15) is 29.7 Å². The second-order valence-corrected chi connectivity index (χ2v) is 4.52. The van der Waals surface area contributed by atoms with Crippen LogP contribution in [0.25, 0.3) is 0 Å². The van der Waals surface area contributed by atoms with E-state index < -0.39 is 17.6 Å². The lowest BCUT2D eigenvalue weighted by atomic mass is 10.1. The Hall–Kier alpha value is -1.89. The number of aryl methyl sites for hydroxylation is 1. The van der Waals surface area contributed by atoms with Crippen molar-refractivity contribution in [2.24, 2.45) is 0 Å². The van der Waals surface area contributed by atoms with E-state index in [0.29, 0.717) is 18.4 Å². The first-order valence-electron chi connectivity index (χ1n) is 6.39. The molecule has 0 saturated carbocycles. The van der Waals surface area contributed by atoms with Gasteiger partial charge >= 0.3 is 6.18 Å². The number of benzene rings is 1. The topological polar surface area (TPSA) is 38.1 Å². The van der Waals surface area contributed by atoms with Crippen molar-refractivity contribution < 1.29 is 22.0 Å². The van der Waals surface area contributed by atoms with Gasteiger partial charge in [-0.15, -0.1) is 0 Å². The Morgan fingerprint density at radius 1 is 1.19 bits per heavy atom. The summed E-state index contributed by atoms with van der Waals surface area (Å²) in [6, 6.07) is 2.46. The molecule has 7 heteroatoms. The summed E-state index contributed by atoms with van der Waals surface area (Å²) in [7, 11) is 0. The van der Waals surface area contributed by atoms with E-state index in [1.165, 1.54) is 0 Å². The van der Waals surface area contributed by atoms with Gasteiger partial charge in [-0.05, 0) is 23.8 Å². The molecule has 0 fully saturated rings. The van der Waals surface area contributed by atoms with Gasteiger partial charge in [0.1, 0.15) is 11.6 Å². The van der Waals surface area contributed by atoms with Gasteiger partial charge in [0.25, 0.3) is 0 Å². The number of halogens is 4. The van der Waals surface area contributed by atoms with Crippen molar-refractivity contribution in [1.82, 2.24) is 10.3 Å². The molecule has 3 nitrogen and oxygen atoms in total. The van der Waals surface area contributed by atoms with Crippen LogP contribution in [0, 0.1) is 5.82 Å². The van der Waals surface area contributed by atoms with E-state index in [2.05, 4.69) is 10.3 Å². The molecule has 0 amide bonds. The Morgan fingerprint density at radius 2 is 1.95 bits per heavy atom. The van der Waals surface area contributed by atoms with Crippen molar-refractivity contribution in [2.45, 2.75) is 32.6 Å². The zero-order valence-electron chi connectivity index (χ0n) is 11.3. The summed E-state index contributed by atoms with van der Waals surface area (Å²) in [6.07, 6.45) is -2.25. The molecule has 0 aliphatic rings. The minimum Gasteiger partial charge on any atom is -0.444 e. The molecule has 0 atom stereocenters. The van der Waals surface area contributed by atoms with Crippen molar-refractivity contribution in [1.29, 1.82) is 0 Å². The van der Waals surface area contributed by atoms with Gasteiger partial charge in [-0.2, -0.15) is 13.2 Å². The molecule has 0 radical (unpaired) electrons. The van der Waals surface area contributed by atoms with Crippen LogP contribution in [-0.4, -0.2) is 4.98 Å². The number of hydrogen-bond acceptors (Lipinski definition) is 3. The molecule has 1 aromatic heterocycles. The second kappa shape index (κ2) is 6.26. The van der Waals surface area contributed by atoms with E-state index >= 15 is 0 Å². The summed E-state index contributed by atoms with van der Waals surface area (Å²) in [5.41, 5.74) is -0.784. The normalized spacial score (nSPS) is 11.9. The maximum Gasteiger partial charge on any atom is 0.416 e. The summed E-state index contributed by atoms with van der Waals surface area (Å²) in [5, 5.41) is 2.87. The van der Waals surface area contributed by atoms with E-state index in [9.17, 15) is 17.6 Å². The van der Waals surface area contributed by atoms with Gasteiger partial charge in [-0.1, -0.05) is 6.92 Å². The highest BCUT2D eigenvalue weighted by molar-refractivity contribution is 5.26. The number of alkyl halides is 3. The third-order valence-corrected chi connectivity index (χ3v) is 2.84. The van der Waals surface area contributed by atoms with Crippen LogP contribution in [-0.2, 0) is 25.7 Å². The van der Waals surface area contributed by atoms with E-state index in [1.54, 1.807) is 6.20 Å². The standard InChI is InChI=1S/C14H14F4N2O/c1-2-12-7-20-13(21-12)8-19-6-9-3-10(14(16,17)18)5-11(15)4-9/h3-5,7,19H,2,6,8H2,1H3. The van der Waals surface area contributed by atoms with Crippen molar-refractivity contribution in [3.8, 4) is 0 Å². The third kappa shape index (κ3) is 4.29. The number of hydrogen-bond donors (Lipinski definition) is 1. The molecule has 0 aliphatic carbocycles. The van der Waals surface area contributed by atoms with Crippen LogP contribution in [0.15, 0.2) is 28.8 Å². The van der Waals surface area contributed by atoms with Gasteiger partial charge in [0.05, 0.1) is 18.3 Å². The molecule has 114 valence electrons. The third-order valence-electron chi connectivity index (χ3n) is 2.84. The highest BCUT2D eigenvalue weighted by Crippen LogP contribution is 2.30. The first-order chi connectivity index (χ1) is 9.88. The quantitative estimate of drug-likeness (QED) is 0.856. The first kappa shape index (κ1) is 15.5. The van der Waals surface area contributed by atoms with Crippen LogP contribution >= 0.6 is 0 Å². The van der Waals surface area contributed by atoms with Crippen LogP contribution < -0.4 is 5.32 Å². The zero-order chi connectivity index (χ0) is 15.5. The molecule has 1 heterocycles. The van der Waals surface area contributed by atoms with Gasteiger partial charge in [0.15, 0.2) is 0 Å². The molecule has 2 aromatic rings. The van der Waals surface area contributed by atoms with Crippen molar-refractivity contribution in [3.63, 3.8) is 0 Å². The Morgan fingerprint density at radius 3 is 2.57 bits per heavy atom. The van der Waals surface area contributed by atoms with Gasteiger partial charge < -0.3 is 9.73 Å². The van der Waals surface area contributed by atoms with Gasteiger partial charge in [0, 0.05) is 13.0 Å². The Balaban J connectivity index is 1.98.